The summed E-state index contributed by atoms with van der Waals surface area (Å²) in [6.45, 7) is 2.11. The number of fused-ring (bicyclic) bond motifs is 1. The van der Waals surface area contributed by atoms with Gasteiger partial charge < -0.3 is 5.11 Å². The van der Waals surface area contributed by atoms with Gasteiger partial charge in [-0.15, -0.1) is 5.10 Å². The Kier molecular flexibility index (Phi) is 3.39. The highest BCUT2D eigenvalue weighted by Gasteiger charge is 2.57. The molecule has 0 amide bonds. The lowest BCUT2D eigenvalue weighted by molar-refractivity contribution is 0.123. The molecular formula is C14H16ClN5OS. The molecule has 22 heavy (non-hydrogen) atoms. The van der Waals surface area contributed by atoms with Crippen LogP contribution in [0.25, 0.3) is 11.2 Å². The van der Waals surface area contributed by atoms with Gasteiger partial charge >= 0.3 is 0 Å². The third-order valence-corrected chi connectivity index (χ3v) is 5.76. The van der Waals surface area contributed by atoms with E-state index in [1.165, 1.54) is 0 Å². The molecule has 2 heterocycles. The molecule has 2 aliphatic rings. The van der Waals surface area contributed by atoms with Crippen LogP contribution in [0.4, 0.5) is 0 Å². The molecule has 2 aromatic heterocycles. The molecule has 2 aromatic rings. The van der Waals surface area contributed by atoms with E-state index in [1.54, 1.807) is 16.4 Å². The molecule has 0 saturated heterocycles. The van der Waals surface area contributed by atoms with Crippen molar-refractivity contribution in [2.24, 2.45) is 5.41 Å². The molecule has 0 bridgehead atoms. The number of aromatic nitrogens is 5. The quantitative estimate of drug-likeness (QED) is 0.400. The number of halogens is 1. The van der Waals surface area contributed by atoms with Gasteiger partial charge in [0.1, 0.15) is 0 Å². The fourth-order valence-corrected chi connectivity index (χ4v) is 4.00. The molecule has 1 N–H and O–H groups in total. The molecule has 0 radical (unpaired) electrons. The van der Waals surface area contributed by atoms with Crippen LogP contribution in [-0.2, 0) is 0 Å². The summed E-state index contributed by atoms with van der Waals surface area (Å²) in [6.07, 6.45) is 6.46. The van der Waals surface area contributed by atoms with Crippen molar-refractivity contribution in [3.63, 3.8) is 0 Å². The lowest BCUT2D eigenvalue weighted by Crippen LogP contribution is -2.25. The molecular weight excluding hydrogens is 322 g/mol. The standard InChI is InChI=1S/C14H16ClN5OS/c1-2-7-22-13-16-11(15)10-12(17-13)20(19-18-10)8-3-4-9(21)14(8)5-6-14/h3-4,8-9,21H,2,5-7H2,1H3/t8-,9+/m0/s1. The van der Waals surface area contributed by atoms with Crippen LogP contribution >= 0.6 is 23.4 Å². The number of hydrogen-bond donors (Lipinski definition) is 1. The zero-order valence-corrected chi connectivity index (χ0v) is 13.7. The van der Waals surface area contributed by atoms with E-state index in [2.05, 4.69) is 27.2 Å². The highest BCUT2D eigenvalue weighted by Crippen LogP contribution is 2.60. The van der Waals surface area contributed by atoms with Crippen molar-refractivity contribution < 1.29 is 5.11 Å². The fourth-order valence-electron chi connectivity index (χ4n) is 3.05. The van der Waals surface area contributed by atoms with Crippen molar-refractivity contribution in [1.82, 2.24) is 25.0 Å². The summed E-state index contributed by atoms with van der Waals surface area (Å²) < 4.78 is 1.79. The van der Waals surface area contributed by atoms with Gasteiger partial charge in [0.25, 0.3) is 0 Å². The van der Waals surface area contributed by atoms with Crippen LogP contribution in [0.1, 0.15) is 32.2 Å². The van der Waals surface area contributed by atoms with E-state index in [4.69, 9.17) is 11.6 Å². The minimum Gasteiger partial charge on any atom is -0.388 e. The van der Waals surface area contributed by atoms with E-state index >= 15 is 0 Å². The Balaban J connectivity index is 1.78. The number of hydrogen-bond acceptors (Lipinski definition) is 6. The van der Waals surface area contributed by atoms with Crippen LogP contribution in [-0.4, -0.2) is 41.9 Å². The van der Waals surface area contributed by atoms with Crippen LogP contribution in [0.2, 0.25) is 5.15 Å². The predicted octanol–water partition coefficient (Wildman–Crippen LogP) is 2.63. The molecule has 0 unspecified atom stereocenters. The Morgan fingerprint density at radius 1 is 1.41 bits per heavy atom. The normalized spacial score (nSPS) is 25.4. The van der Waals surface area contributed by atoms with Crippen molar-refractivity contribution in [2.45, 2.75) is 43.5 Å². The van der Waals surface area contributed by atoms with Crippen LogP contribution in [0.3, 0.4) is 0 Å². The second kappa shape index (κ2) is 5.18. The van der Waals surface area contributed by atoms with E-state index in [1.807, 2.05) is 12.2 Å². The first kappa shape index (κ1) is 14.4. The van der Waals surface area contributed by atoms with Gasteiger partial charge in [-0.05, 0) is 19.3 Å². The van der Waals surface area contributed by atoms with Gasteiger partial charge in [-0.1, -0.05) is 47.7 Å². The van der Waals surface area contributed by atoms with Crippen LogP contribution < -0.4 is 0 Å². The average Bonchev–Trinajstić information content (AvgIpc) is 3.10. The number of allylic oxidation sites excluding steroid dienone is 1. The minimum absolute atomic E-state index is 0.0116. The highest BCUT2D eigenvalue weighted by atomic mass is 35.5. The van der Waals surface area contributed by atoms with E-state index in [-0.39, 0.29) is 11.5 Å². The van der Waals surface area contributed by atoms with E-state index < -0.39 is 6.10 Å². The summed E-state index contributed by atoms with van der Waals surface area (Å²) in [5.41, 5.74) is 1.04. The Labute approximate surface area is 137 Å². The van der Waals surface area contributed by atoms with Gasteiger partial charge in [-0.3, -0.25) is 0 Å². The molecule has 0 aromatic carbocycles. The average molecular weight is 338 g/mol. The molecule has 1 spiro atoms. The van der Waals surface area contributed by atoms with Crippen LogP contribution in [0, 0.1) is 5.41 Å². The summed E-state index contributed by atoms with van der Waals surface area (Å²) in [5, 5.41) is 19.5. The van der Waals surface area contributed by atoms with Gasteiger partial charge in [-0.2, -0.15) is 0 Å². The number of nitrogens with zero attached hydrogens (tertiary/aromatic N) is 5. The molecule has 116 valence electrons. The Morgan fingerprint density at radius 3 is 2.95 bits per heavy atom. The first-order valence-electron chi connectivity index (χ1n) is 7.43. The molecule has 4 rings (SSSR count). The highest BCUT2D eigenvalue weighted by molar-refractivity contribution is 7.99. The number of thioether (sulfide) groups is 1. The summed E-state index contributed by atoms with van der Waals surface area (Å²) >= 11 is 7.81. The lowest BCUT2D eigenvalue weighted by atomic mass is 9.97. The third-order valence-electron chi connectivity index (χ3n) is 4.44. The number of rotatable bonds is 4. The van der Waals surface area contributed by atoms with Gasteiger partial charge in [0.05, 0.1) is 12.1 Å². The number of aliphatic hydroxyl groups is 1. The Morgan fingerprint density at radius 2 is 2.23 bits per heavy atom. The van der Waals surface area contributed by atoms with Gasteiger partial charge in [0.15, 0.2) is 21.5 Å². The first-order valence-corrected chi connectivity index (χ1v) is 8.79. The molecule has 6 nitrogen and oxygen atoms in total. The number of aliphatic hydroxyl groups excluding tert-OH is 1. The molecule has 8 heteroatoms. The molecule has 1 saturated carbocycles. The van der Waals surface area contributed by atoms with Crippen LogP contribution in [0.5, 0.6) is 0 Å². The van der Waals surface area contributed by atoms with Crippen molar-refractivity contribution >= 4 is 34.5 Å². The Hall–Kier alpha value is -1.18. The first-order chi connectivity index (χ1) is 10.7. The van der Waals surface area contributed by atoms with E-state index in [9.17, 15) is 5.11 Å². The zero-order valence-electron chi connectivity index (χ0n) is 12.1. The fraction of sp³-hybridized carbons (Fsp3) is 0.571. The van der Waals surface area contributed by atoms with Crippen molar-refractivity contribution in [2.75, 3.05) is 5.75 Å². The maximum atomic E-state index is 10.2. The maximum Gasteiger partial charge on any atom is 0.191 e. The van der Waals surface area contributed by atoms with E-state index in [0.717, 1.165) is 25.0 Å². The molecule has 2 aliphatic carbocycles. The smallest absolute Gasteiger partial charge is 0.191 e. The molecule has 0 aliphatic heterocycles. The lowest BCUT2D eigenvalue weighted by Gasteiger charge is -2.21. The molecule has 2 atom stereocenters. The second-order valence-electron chi connectivity index (χ2n) is 5.86. The minimum atomic E-state index is -0.414. The van der Waals surface area contributed by atoms with Gasteiger partial charge in [0, 0.05) is 11.2 Å². The topological polar surface area (TPSA) is 76.7 Å². The summed E-state index contributed by atoms with van der Waals surface area (Å²) in [5.74, 6) is 0.940. The third kappa shape index (κ3) is 2.06. The van der Waals surface area contributed by atoms with Crippen LogP contribution in [0.15, 0.2) is 17.3 Å². The monoisotopic (exact) mass is 337 g/mol. The second-order valence-corrected chi connectivity index (χ2v) is 7.28. The van der Waals surface area contributed by atoms with Crippen molar-refractivity contribution in [3.8, 4) is 0 Å². The largest absolute Gasteiger partial charge is 0.388 e. The molecule has 1 fully saturated rings. The maximum absolute atomic E-state index is 10.2. The summed E-state index contributed by atoms with van der Waals surface area (Å²) in [7, 11) is 0. The predicted molar refractivity (Wildman–Crippen MR) is 85.0 cm³/mol. The van der Waals surface area contributed by atoms with Crippen molar-refractivity contribution in [1.29, 1.82) is 0 Å². The van der Waals surface area contributed by atoms with E-state index in [0.29, 0.717) is 21.5 Å². The SMILES string of the molecule is CCCSc1nc(Cl)c2nnn([C@H]3C=C[C@@H](O)C34CC4)c2n1. The summed E-state index contributed by atoms with van der Waals surface area (Å²) in [4.78, 5) is 8.87. The summed E-state index contributed by atoms with van der Waals surface area (Å²) in [6, 6.07) is -0.0116. The van der Waals surface area contributed by atoms with Gasteiger partial charge in [0.2, 0.25) is 0 Å². The van der Waals surface area contributed by atoms with Crippen molar-refractivity contribution in [3.05, 3.63) is 17.3 Å². The van der Waals surface area contributed by atoms with Gasteiger partial charge in [-0.25, -0.2) is 14.6 Å². The zero-order chi connectivity index (χ0) is 15.3. The Bertz CT molecular complexity index is 757.